The summed E-state index contributed by atoms with van der Waals surface area (Å²) in [7, 11) is 1.27. The van der Waals surface area contributed by atoms with Gasteiger partial charge in [-0.2, -0.15) is 0 Å². The molecule has 2 saturated carbocycles. The molecule has 51 heavy (non-hydrogen) atoms. The lowest BCUT2D eigenvalue weighted by Gasteiger charge is -2.28. The molecule has 4 aromatic rings. The number of aromatic amines is 2. The first kappa shape index (κ1) is 32.7. The Bertz CT molecular complexity index is 1960. The maximum atomic E-state index is 13.0. The van der Waals surface area contributed by atoms with Crippen molar-refractivity contribution in [3.8, 4) is 33.6 Å². The summed E-state index contributed by atoms with van der Waals surface area (Å²) in [5.41, 5.74) is 5.84. The maximum absolute atomic E-state index is 13.0. The Labute approximate surface area is 294 Å². The van der Waals surface area contributed by atoms with Crippen LogP contribution in [0.15, 0.2) is 60.9 Å². The van der Waals surface area contributed by atoms with Crippen molar-refractivity contribution >= 4 is 24.4 Å². The number of methoxy groups -OCH3 is 1. The number of rotatable bonds is 10. The number of nitrogens with one attached hydrogen (secondary N) is 4. The number of hydrogen-bond donors (Lipinski definition) is 5. The summed E-state index contributed by atoms with van der Waals surface area (Å²) in [6, 6.07) is 16.0. The minimum absolute atomic E-state index is 0.116. The van der Waals surface area contributed by atoms with Gasteiger partial charge in [-0.3, -0.25) is 19.8 Å². The van der Waals surface area contributed by atoms with Gasteiger partial charge in [0.2, 0.25) is 5.91 Å². The number of nitrogens with zero attached hydrogens (tertiary/aromatic N) is 4. The topological polar surface area (TPSA) is 186 Å². The standard InChI is InChI=1S/C37H40N8O6/c1-51-35(50)40-18-31(47)45-21-37(12-13-37)15-29(45)33-39-17-27(42-33)25-8-4-23(5-9-25)22-2-6-24(7-3-22)26-16-38-32(41-26)28-14-36(10-11-36)20-44(28)30(19-46)43-34(48)49/h2-9,16-17,19,28-30,43H,10-15,18,20-21H2,1H3,(H,38,41)(H,39,42)(H,40,50)(H,48,49)/t28-,29-,30?/m0/s1. The van der Waals surface area contributed by atoms with Gasteiger partial charge in [-0.15, -0.1) is 0 Å². The normalized spacial score (nSPS) is 21.8. The van der Waals surface area contributed by atoms with E-state index in [-0.39, 0.29) is 35.4 Å². The van der Waals surface area contributed by atoms with Gasteiger partial charge < -0.3 is 30.0 Å². The van der Waals surface area contributed by atoms with Crippen LogP contribution in [0.3, 0.4) is 0 Å². The zero-order valence-electron chi connectivity index (χ0n) is 28.2. The van der Waals surface area contributed by atoms with Crippen LogP contribution in [0.4, 0.5) is 9.59 Å². The second-order valence-electron chi connectivity index (χ2n) is 14.5. The molecule has 3 amide bonds. The minimum Gasteiger partial charge on any atom is -0.465 e. The van der Waals surface area contributed by atoms with Crippen molar-refractivity contribution in [1.82, 2.24) is 40.4 Å². The predicted octanol–water partition coefficient (Wildman–Crippen LogP) is 4.86. The molecule has 2 aliphatic heterocycles. The lowest BCUT2D eigenvalue weighted by Crippen LogP contribution is -2.49. The summed E-state index contributed by atoms with van der Waals surface area (Å²) in [5.74, 6) is 1.32. The lowest BCUT2D eigenvalue weighted by molar-refractivity contribution is -0.131. The van der Waals surface area contributed by atoms with E-state index < -0.39 is 18.4 Å². The first-order valence-electron chi connectivity index (χ1n) is 17.3. The molecule has 3 atom stereocenters. The van der Waals surface area contributed by atoms with Crippen LogP contribution < -0.4 is 10.6 Å². The van der Waals surface area contributed by atoms with Crippen LogP contribution in [0.5, 0.6) is 0 Å². The fourth-order valence-corrected chi connectivity index (χ4v) is 7.90. The molecule has 4 aliphatic rings. The van der Waals surface area contributed by atoms with Gasteiger partial charge in [0.15, 0.2) is 6.29 Å². The molecule has 14 nitrogen and oxygen atoms in total. The minimum atomic E-state index is -1.23. The molecule has 5 N–H and O–H groups in total. The predicted molar refractivity (Wildman–Crippen MR) is 185 cm³/mol. The summed E-state index contributed by atoms with van der Waals surface area (Å²) in [6.07, 6.45) is 7.60. The molecule has 2 spiro atoms. The van der Waals surface area contributed by atoms with Crippen LogP contribution in [0.25, 0.3) is 33.6 Å². The number of H-pyrrole nitrogens is 2. The van der Waals surface area contributed by atoms with Gasteiger partial charge in [0.1, 0.15) is 24.4 Å². The number of likely N-dealkylation sites (tertiary alicyclic amines) is 2. The van der Waals surface area contributed by atoms with Crippen molar-refractivity contribution in [2.24, 2.45) is 10.8 Å². The molecule has 1 unspecified atom stereocenters. The van der Waals surface area contributed by atoms with Crippen LogP contribution in [-0.2, 0) is 14.3 Å². The van der Waals surface area contributed by atoms with Crippen molar-refractivity contribution in [2.45, 2.75) is 56.8 Å². The van der Waals surface area contributed by atoms with E-state index in [2.05, 4.69) is 49.6 Å². The molecule has 14 heteroatoms. The molecule has 2 aliphatic carbocycles. The van der Waals surface area contributed by atoms with E-state index in [1.807, 2.05) is 46.5 Å². The molecular formula is C37H40N8O6. The smallest absolute Gasteiger partial charge is 0.407 e. The quantitative estimate of drug-likeness (QED) is 0.145. The zero-order valence-corrected chi connectivity index (χ0v) is 28.2. The molecule has 4 heterocycles. The largest absolute Gasteiger partial charge is 0.465 e. The molecule has 2 saturated heterocycles. The number of alkyl carbamates (subject to hydrolysis) is 1. The Morgan fingerprint density at radius 1 is 0.863 bits per heavy atom. The van der Waals surface area contributed by atoms with Gasteiger partial charge in [0.25, 0.3) is 0 Å². The average Bonchev–Trinajstić information content (AvgIpc) is 3.72. The van der Waals surface area contributed by atoms with Gasteiger partial charge in [-0.05, 0) is 60.5 Å². The van der Waals surface area contributed by atoms with Crippen LogP contribution in [0, 0.1) is 10.8 Å². The molecule has 264 valence electrons. The second-order valence-corrected chi connectivity index (χ2v) is 14.5. The van der Waals surface area contributed by atoms with Crippen molar-refractivity contribution in [3.05, 3.63) is 72.6 Å². The number of carbonyl (C=O) groups is 4. The first-order chi connectivity index (χ1) is 24.7. The molecule has 2 aromatic heterocycles. The lowest BCUT2D eigenvalue weighted by atomic mass is 10.0. The summed E-state index contributed by atoms with van der Waals surface area (Å²) in [4.78, 5) is 67.9. The van der Waals surface area contributed by atoms with Gasteiger partial charge in [-0.1, -0.05) is 48.5 Å². The van der Waals surface area contributed by atoms with Gasteiger partial charge in [0.05, 0.1) is 30.6 Å². The Balaban J connectivity index is 0.938. The Kier molecular flexibility index (Phi) is 8.13. The number of imidazole rings is 2. The second kappa shape index (κ2) is 12.7. The van der Waals surface area contributed by atoms with Crippen LogP contribution in [-0.4, -0.2) is 92.1 Å². The Morgan fingerprint density at radius 3 is 1.88 bits per heavy atom. The van der Waals surface area contributed by atoms with Crippen molar-refractivity contribution in [1.29, 1.82) is 0 Å². The summed E-state index contributed by atoms with van der Waals surface area (Å²) < 4.78 is 4.62. The molecule has 2 aromatic carbocycles. The summed E-state index contributed by atoms with van der Waals surface area (Å²) in [6.45, 7) is 1.21. The Hall–Kier alpha value is -5.50. The third kappa shape index (κ3) is 6.47. The summed E-state index contributed by atoms with van der Waals surface area (Å²) >= 11 is 0. The van der Waals surface area contributed by atoms with Gasteiger partial charge in [0, 0.05) is 36.6 Å². The monoisotopic (exact) mass is 692 g/mol. The number of aldehydes is 1. The first-order valence-corrected chi connectivity index (χ1v) is 17.3. The molecule has 0 radical (unpaired) electrons. The zero-order chi connectivity index (χ0) is 35.3. The number of carboxylic acid groups (broad SMARTS) is 1. The van der Waals surface area contributed by atoms with Crippen LogP contribution >= 0.6 is 0 Å². The molecule has 8 rings (SSSR count). The van der Waals surface area contributed by atoms with Crippen LogP contribution in [0.2, 0.25) is 0 Å². The van der Waals surface area contributed by atoms with Crippen molar-refractivity contribution in [2.75, 3.05) is 26.7 Å². The average molecular weight is 693 g/mol. The van der Waals surface area contributed by atoms with E-state index in [1.54, 1.807) is 0 Å². The molecule has 4 fully saturated rings. The highest BCUT2D eigenvalue weighted by atomic mass is 16.5. The fourth-order valence-electron chi connectivity index (χ4n) is 7.90. The van der Waals surface area contributed by atoms with Gasteiger partial charge in [-0.25, -0.2) is 19.6 Å². The highest BCUT2D eigenvalue weighted by Gasteiger charge is 2.55. The molecular weight excluding hydrogens is 652 g/mol. The van der Waals surface area contributed by atoms with E-state index >= 15 is 0 Å². The van der Waals surface area contributed by atoms with E-state index in [1.165, 1.54) is 7.11 Å². The van der Waals surface area contributed by atoms with Crippen molar-refractivity contribution in [3.63, 3.8) is 0 Å². The third-order valence-electron chi connectivity index (χ3n) is 11.1. The number of aromatic nitrogens is 4. The number of benzene rings is 2. The summed E-state index contributed by atoms with van der Waals surface area (Å²) in [5, 5.41) is 14.1. The maximum Gasteiger partial charge on any atom is 0.407 e. The number of ether oxygens (including phenoxy) is 1. The molecule has 0 bridgehead atoms. The SMILES string of the molecule is COC(=O)NCC(=O)N1CC2(CC2)C[C@H]1c1nc(-c2ccc(-c3ccc(-c4c[nH]c([C@@H]5CC6(CC6)CN5C(C=O)NC(=O)O)n4)cc3)cc2)c[nH]1. The van der Waals surface area contributed by atoms with E-state index in [4.69, 9.17) is 9.97 Å². The Morgan fingerprint density at radius 2 is 1.37 bits per heavy atom. The van der Waals surface area contributed by atoms with E-state index in [0.717, 1.165) is 83.8 Å². The van der Waals surface area contributed by atoms with E-state index in [0.29, 0.717) is 19.4 Å². The fraction of sp³-hybridized carbons (Fsp3) is 0.405. The number of hydrogen-bond acceptors (Lipinski definition) is 8. The number of carbonyl (C=O) groups excluding carboxylic acids is 3. The van der Waals surface area contributed by atoms with Crippen LogP contribution in [0.1, 0.15) is 62.3 Å². The van der Waals surface area contributed by atoms with E-state index in [9.17, 15) is 24.3 Å². The van der Waals surface area contributed by atoms with Crippen molar-refractivity contribution < 1.29 is 29.0 Å². The number of amides is 3. The highest BCUT2D eigenvalue weighted by Crippen LogP contribution is 2.59. The van der Waals surface area contributed by atoms with Gasteiger partial charge >= 0.3 is 12.2 Å². The highest BCUT2D eigenvalue weighted by molar-refractivity contribution is 5.83. The third-order valence-corrected chi connectivity index (χ3v) is 11.1.